The minimum atomic E-state index is -0.0340. The molecule has 3 aromatic rings. The Bertz CT molecular complexity index is 902. The van der Waals surface area contributed by atoms with Gasteiger partial charge in [0.25, 0.3) is 5.91 Å². The highest BCUT2D eigenvalue weighted by molar-refractivity contribution is 5.94. The quantitative estimate of drug-likeness (QED) is 0.790. The first-order chi connectivity index (χ1) is 12.2. The molecule has 5 heteroatoms. The summed E-state index contributed by atoms with van der Waals surface area (Å²) < 4.78 is 5.19. The van der Waals surface area contributed by atoms with Crippen molar-refractivity contribution in [2.45, 2.75) is 32.2 Å². The van der Waals surface area contributed by atoms with Gasteiger partial charge in [0, 0.05) is 17.5 Å². The highest BCUT2D eigenvalue weighted by atomic mass is 16.5. The third kappa shape index (κ3) is 3.05. The number of hydrogen-bond acceptors (Lipinski definition) is 4. The lowest BCUT2D eigenvalue weighted by atomic mass is 10.0. The van der Waals surface area contributed by atoms with E-state index in [1.807, 2.05) is 43.3 Å². The maximum absolute atomic E-state index is 12.4. The normalized spacial score (nSPS) is 15.8. The summed E-state index contributed by atoms with van der Waals surface area (Å²) in [6.45, 7) is 1.99. The summed E-state index contributed by atoms with van der Waals surface area (Å²) in [6, 6.07) is 15.5. The summed E-state index contributed by atoms with van der Waals surface area (Å²) in [7, 11) is 0. The standard InChI is InChI=1S/C20H19N3O2/c1-2-18-22-19(23-25-18)15-8-10-16-14(12-15)9-11-17(16)21-20(24)13-6-4-3-5-7-13/h3-8,10,12,17H,2,9,11H2,1H3,(H,21,24). The van der Waals surface area contributed by atoms with Crippen LogP contribution in [0.3, 0.4) is 0 Å². The van der Waals surface area contributed by atoms with Crippen molar-refractivity contribution in [3.05, 3.63) is 71.1 Å². The minimum Gasteiger partial charge on any atom is -0.345 e. The molecule has 5 nitrogen and oxygen atoms in total. The van der Waals surface area contributed by atoms with Crippen molar-refractivity contribution in [2.75, 3.05) is 0 Å². The molecule has 1 aromatic heterocycles. The van der Waals surface area contributed by atoms with E-state index in [0.29, 0.717) is 17.3 Å². The Morgan fingerprint density at radius 3 is 2.84 bits per heavy atom. The third-order valence-electron chi connectivity index (χ3n) is 4.59. The summed E-state index contributed by atoms with van der Waals surface area (Å²) in [4.78, 5) is 16.8. The smallest absolute Gasteiger partial charge is 0.251 e. The second-order valence-electron chi connectivity index (χ2n) is 6.21. The van der Waals surface area contributed by atoms with Crippen molar-refractivity contribution >= 4 is 5.91 Å². The van der Waals surface area contributed by atoms with Gasteiger partial charge in [-0.15, -0.1) is 0 Å². The zero-order valence-corrected chi connectivity index (χ0v) is 14.0. The zero-order chi connectivity index (χ0) is 17.2. The van der Waals surface area contributed by atoms with Gasteiger partial charge in [-0.25, -0.2) is 0 Å². The van der Waals surface area contributed by atoms with E-state index in [0.717, 1.165) is 24.8 Å². The van der Waals surface area contributed by atoms with Crippen LogP contribution in [-0.2, 0) is 12.8 Å². The van der Waals surface area contributed by atoms with E-state index in [1.54, 1.807) is 0 Å². The molecule has 1 unspecified atom stereocenters. The first-order valence-electron chi connectivity index (χ1n) is 8.56. The van der Waals surface area contributed by atoms with E-state index in [9.17, 15) is 4.79 Å². The lowest BCUT2D eigenvalue weighted by Crippen LogP contribution is -2.27. The highest BCUT2D eigenvalue weighted by Gasteiger charge is 2.25. The number of benzene rings is 2. The lowest BCUT2D eigenvalue weighted by Gasteiger charge is -2.14. The predicted molar refractivity (Wildman–Crippen MR) is 94.1 cm³/mol. The van der Waals surface area contributed by atoms with E-state index >= 15 is 0 Å². The van der Waals surface area contributed by atoms with Crippen LogP contribution >= 0.6 is 0 Å². The Balaban J connectivity index is 1.54. The number of nitrogens with one attached hydrogen (secondary N) is 1. The van der Waals surface area contributed by atoms with E-state index < -0.39 is 0 Å². The number of carbonyl (C=O) groups is 1. The first-order valence-corrected chi connectivity index (χ1v) is 8.56. The second kappa shape index (κ2) is 6.51. The molecule has 1 atom stereocenters. The van der Waals surface area contributed by atoms with Crippen molar-refractivity contribution in [3.8, 4) is 11.4 Å². The van der Waals surface area contributed by atoms with Crippen LogP contribution in [0.5, 0.6) is 0 Å². The Hall–Kier alpha value is -2.95. The number of rotatable bonds is 4. The molecule has 2 aromatic carbocycles. The molecular weight excluding hydrogens is 314 g/mol. The van der Waals surface area contributed by atoms with Crippen molar-refractivity contribution < 1.29 is 9.32 Å². The third-order valence-corrected chi connectivity index (χ3v) is 4.59. The number of amides is 1. The number of aryl methyl sites for hydroxylation is 2. The van der Waals surface area contributed by atoms with Crippen LogP contribution in [0, 0.1) is 0 Å². The molecule has 126 valence electrons. The summed E-state index contributed by atoms with van der Waals surface area (Å²) in [5, 5.41) is 7.17. The number of nitrogens with zero attached hydrogens (tertiary/aromatic N) is 2. The van der Waals surface area contributed by atoms with Gasteiger partial charge in [0.15, 0.2) is 0 Å². The van der Waals surface area contributed by atoms with Gasteiger partial charge in [-0.2, -0.15) is 4.98 Å². The number of fused-ring (bicyclic) bond motifs is 1. The van der Waals surface area contributed by atoms with Gasteiger partial charge >= 0.3 is 0 Å². The molecule has 1 aliphatic rings. The molecule has 1 N–H and O–H groups in total. The second-order valence-corrected chi connectivity index (χ2v) is 6.21. The summed E-state index contributed by atoms with van der Waals surface area (Å²) in [5.41, 5.74) is 4.05. The van der Waals surface area contributed by atoms with Crippen molar-refractivity contribution in [3.63, 3.8) is 0 Å². The molecular formula is C20H19N3O2. The van der Waals surface area contributed by atoms with E-state index in [1.165, 1.54) is 11.1 Å². The Morgan fingerprint density at radius 1 is 1.24 bits per heavy atom. The van der Waals surface area contributed by atoms with Crippen LogP contribution < -0.4 is 5.32 Å². The molecule has 4 rings (SSSR count). The Morgan fingerprint density at radius 2 is 2.08 bits per heavy atom. The maximum atomic E-state index is 12.4. The van der Waals surface area contributed by atoms with Crippen LogP contribution in [0.2, 0.25) is 0 Å². The van der Waals surface area contributed by atoms with Gasteiger partial charge in [0.1, 0.15) is 0 Å². The maximum Gasteiger partial charge on any atom is 0.251 e. The van der Waals surface area contributed by atoms with Gasteiger partial charge in [0.2, 0.25) is 11.7 Å². The fourth-order valence-electron chi connectivity index (χ4n) is 3.25. The summed E-state index contributed by atoms with van der Waals surface area (Å²) in [6.07, 6.45) is 2.57. The summed E-state index contributed by atoms with van der Waals surface area (Å²) in [5.74, 6) is 1.23. The Kier molecular flexibility index (Phi) is 4.06. The molecule has 0 saturated heterocycles. The van der Waals surface area contributed by atoms with Gasteiger partial charge in [0.05, 0.1) is 6.04 Å². The van der Waals surface area contributed by atoms with Crippen molar-refractivity contribution in [1.82, 2.24) is 15.5 Å². The van der Waals surface area contributed by atoms with Crippen LogP contribution in [0.15, 0.2) is 53.1 Å². The molecule has 0 bridgehead atoms. The molecule has 0 saturated carbocycles. The molecule has 0 fully saturated rings. The predicted octanol–water partition coefficient (Wildman–Crippen LogP) is 3.72. The molecule has 1 amide bonds. The van der Waals surface area contributed by atoms with Gasteiger partial charge in [-0.05, 0) is 42.2 Å². The monoisotopic (exact) mass is 333 g/mol. The minimum absolute atomic E-state index is 0.0340. The van der Waals surface area contributed by atoms with Crippen molar-refractivity contribution in [1.29, 1.82) is 0 Å². The number of hydrogen-bond donors (Lipinski definition) is 1. The van der Waals surface area contributed by atoms with Gasteiger partial charge < -0.3 is 9.84 Å². The molecule has 0 spiro atoms. The van der Waals surface area contributed by atoms with Crippen LogP contribution in [0.4, 0.5) is 0 Å². The molecule has 1 heterocycles. The molecule has 0 radical (unpaired) electrons. The first kappa shape index (κ1) is 15.6. The average molecular weight is 333 g/mol. The lowest BCUT2D eigenvalue weighted by molar-refractivity contribution is 0.0936. The van der Waals surface area contributed by atoms with Crippen LogP contribution in [0.1, 0.15) is 46.8 Å². The largest absolute Gasteiger partial charge is 0.345 e. The summed E-state index contributed by atoms with van der Waals surface area (Å²) >= 11 is 0. The number of carbonyl (C=O) groups excluding carboxylic acids is 1. The van der Waals surface area contributed by atoms with Crippen molar-refractivity contribution in [2.24, 2.45) is 0 Å². The van der Waals surface area contributed by atoms with E-state index in [2.05, 4.69) is 27.6 Å². The molecule has 0 aliphatic heterocycles. The number of aromatic nitrogens is 2. The van der Waals surface area contributed by atoms with E-state index in [4.69, 9.17) is 4.52 Å². The topological polar surface area (TPSA) is 68.0 Å². The van der Waals surface area contributed by atoms with Gasteiger partial charge in [-0.1, -0.05) is 42.4 Å². The van der Waals surface area contributed by atoms with E-state index in [-0.39, 0.29) is 11.9 Å². The van der Waals surface area contributed by atoms with Crippen LogP contribution in [-0.4, -0.2) is 16.0 Å². The average Bonchev–Trinajstić information content (AvgIpc) is 3.29. The van der Waals surface area contributed by atoms with Crippen LogP contribution in [0.25, 0.3) is 11.4 Å². The molecule has 1 aliphatic carbocycles. The van der Waals surface area contributed by atoms with Gasteiger partial charge in [-0.3, -0.25) is 4.79 Å². The Labute approximate surface area is 146 Å². The fourth-order valence-corrected chi connectivity index (χ4v) is 3.25. The highest BCUT2D eigenvalue weighted by Crippen LogP contribution is 2.33. The fraction of sp³-hybridized carbons (Fsp3) is 0.250. The zero-order valence-electron chi connectivity index (χ0n) is 14.0. The molecule has 25 heavy (non-hydrogen) atoms. The SMILES string of the molecule is CCc1nc(-c2ccc3c(c2)CCC3NC(=O)c2ccccc2)no1.